The molecule has 0 spiro atoms. The van der Waals surface area contributed by atoms with E-state index in [4.69, 9.17) is 11.6 Å². The molecule has 0 fully saturated rings. The molecule has 1 aromatic carbocycles. The van der Waals surface area contributed by atoms with Gasteiger partial charge in [-0.2, -0.15) is 0 Å². The molecule has 0 aliphatic heterocycles. The molecule has 1 unspecified atom stereocenters. The van der Waals surface area contributed by atoms with Crippen LogP contribution in [0.15, 0.2) is 29.3 Å². The van der Waals surface area contributed by atoms with Crippen molar-refractivity contribution in [2.24, 2.45) is 4.99 Å². The van der Waals surface area contributed by atoms with Crippen molar-refractivity contribution in [3.8, 4) is 0 Å². The van der Waals surface area contributed by atoms with Crippen LogP contribution in [0.25, 0.3) is 0 Å². The molecule has 3 N–H and O–H groups in total. The van der Waals surface area contributed by atoms with Gasteiger partial charge in [-0.3, -0.25) is 4.99 Å². The molecular formula is C14H23ClIN3O. The van der Waals surface area contributed by atoms with Crippen LogP contribution in [0.5, 0.6) is 0 Å². The fourth-order valence-electron chi connectivity index (χ4n) is 1.56. The van der Waals surface area contributed by atoms with E-state index in [1.807, 2.05) is 32.9 Å². The smallest absolute Gasteiger partial charge is 0.191 e. The third-order valence-electron chi connectivity index (χ3n) is 2.45. The Morgan fingerprint density at radius 2 is 1.90 bits per heavy atom. The fraction of sp³-hybridized carbons (Fsp3) is 0.500. The Kier molecular flexibility index (Phi) is 9.96. The van der Waals surface area contributed by atoms with Crippen LogP contribution in [0.1, 0.15) is 32.4 Å². The van der Waals surface area contributed by atoms with E-state index in [0.29, 0.717) is 23.6 Å². The number of rotatable bonds is 5. The zero-order chi connectivity index (χ0) is 14.3. The summed E-state index contributed by atoms with van der Waals surface area (Å²) in [5.74, 6) is 0.713. The van der Waals surface area contributed by atoms with Gasteiger partial charge in [0.15, 0.2) is 5.96 Å². The summed E-state index contributed by atoms with van der Waals surface area (Å²) in [5, 5.41) is 17.1. The van der Waals surface area contributed by atoms with E-state index < -0.39 is 6.10 Å². The lowest BCUT2D eigenvalue weighted by Crippen LogP contribution is -2.41. The number of hydrogen-bond donors (Lipinski definition) is 3. The molecule has 0 bridgehead atoms. The predicted octanol–water partition coefficient (Wildman–Crippen LogP) is 2.95. The van der Waals surface area contributed by atoms with Crippen LogP contribution in [-0.2, 0) is 0 Å². The van der Waals surface area contributed by atoms with Gasteiger partial charge in [0.05, 0.1) is 12.6 Å². The van der Waals surface area contributed by atoms with Gasteiger partial charge in [0, 0.05) is 17.6 Å². The molecule has 1 atom stereocenters. The predicted molar refractivity (Wildman–Crippen MR) is 96.1 cm³/mol. The van der Waals surface area contributed by atoms with E-state index in [-0.39, 0.29) is 24.0 Å². The minimum Gasteiger partial charge on any atom is -0.386 e. The highest BCUT2D eigenvalue weighted by atomic mass is 127. The summed E-state index contributed by atoms with van der Waals surface area (Å²) in [4.78, 5) is 4.36. The first-order chi connectivity index (χ1) is 9.02. The molecule has 0 saturated carbocycles. The molecular weight excluding hydrogens is 389 g/mol. The zero-order valence-electron chi connectivity index (χ0n) is 12.1. The van der Waals surface area contributed by atoms with Crippen molar-refractivity contribution >= 4 is 41.5 Å². The molecule has 6 heteroatoms. The third kappa shape index (κ3) is 7.31. The monoisotopic (exact) mass is 411 g/mol. The lowest BCUT2D eigenvalue weighted by Gasteiger charge is -2.15. The number of hydrogen-bond acceptors (Lipinski definition) is 2. The lowest BCUT2D eigenvalue weighted by molar-refractivity contribution is 0.187. The normalized spacial score (nSPS) is 12.8. The Labute approximate surface area is 143 Å². The van der Waals surface area contributed by atoms with E-state index in [1.165, 1.54) is 0 Å². The third-order valence-corrected chi connectivity index (χ3v) is 2.70. The maximum Gasteiger partial charge on any atom is 0.191 e. The van der Waals surface area contributed by atoms with Crippen LogP contribution in [0, 0.1) is 0 Å². The maximum absolute atomic E-state index is 10.1. The largest absolute Gasteiger partial charge is 0.386 e. The van der Waals surface area contributed by atoms with Crippen molar-refractivity contribution in [2.45, 2.75) is 32.9 Å². The van der Waals surface area contributed by atoms with Gasteiger partial charge in [-0.25, -0.2) is 0 Å². The van der Waals surface area contributed by atoms with Gasteiger partial charge in [0.2, 0.25) is 0 Å². The molecule has 4 nitrogen and oxygen atoms in total. The zero-order valence-corrected chi connectivity index (χ0v) is 15.1. The number of nitrogens with zero attached hydrogens (tertiary/aromatic N) is 1. The molecule has 0 aliphatic carbocycles. The van der Waals surface area contributed by atoms with Gasteiger partial charge in [-0.1, -0.05) is 23.7 Å². The first-order valence-corrected chi connectivity index (χ1v) is 6.89. The van der Waals surface area contributed by atoms with Crippen LogP contribution < -0.4 is 10.6 Å². The SMILES string of the molecule is CCNC(=NCC(O)c1ccc(Cl)cc1)NC(C)C.I. The molecule has 114 valence electrons. The van der Waals surface area contributed by atoms with E-state index in [9.17, 15) is 5.11 Å². The van der Waals surface area contributed by atoms with Crippen molar-refractivity contribution in [1.29, 1.82) is 0 Å². The van der Waals surface area contributed by atoms with E-state index in [2.05, 4.69) is 15.6 Å². The topological polar surface area (TPSA) is 56.7 Å². The van der Waals surface area contributed by atoms with Crippen molar-refractivity contribution in [3.05, 3.63) is 34.9 Å². The average molecular weight is 412 g/mol. The highest BCUT2D eigenvalue weighted by Crippen LogP contribution is 2.16. The number of benzene rings is 1. The average Bonchev–Trinajstić information content (AvgIpc) is 2.36. The lowest BCUT2D eigenvalue weighted by atomic mass is 10.1. The standard InChI is InChI=1S/C14H22ClN3O.HI/c1-4-16-14(18-10(2)3)17-9-13(19)11-5-7-12(15)8-6-11;/h5-8,10,13,19H,4,9H2,1-3H3,(H2,16,17,18);1H. The molecule has 1 aromatic rings. The van der Waals surface area contributed by atoms with Gasteiger partial charge in [0.1, 0.15) is 0 Å². The Hall–Kier alpha value is -0.530. The first kappa shape index (κ1) is 19.5. The number of guanidine groups is 1. The molecule has 20 heavy (non-hydrogen) atoms. The Morgan fingerprint density at radius 1 is 1.30 bits per heavy atom. The van der Waals surface area contributed by atoms with E-state index in [0.717, 1.165) is 12.1 Å². The molecule has 0 heterocycles. The highest BCUT2D eigenvalue weighted by Gasteiger charge is 2.07. The minimum absolute atomic E-state index is 0. The molecule has 0 saturated heterocycles. The number of aliphatic hydroxyl groups is 1. The molecule has 1 rings (SSSR count). The van der Waals surface area contributed by atoms with Crippen LogP contribution in [0.2, 0.25) is 5.02 Å². The summed E-state index contributed by atoms with van der Waals surface area (Å²) in [6, 6.07) is 7.45. The van der Waals surface area contributed by atoms with Crippen LogP contribution in [0.3, 0.4) is 0 Å². The quantitative estimate of drug-likeness (QED) is 0.397. The second-order valence-corrected chi connectivity index (χ2v) is 5.02. The Morgan fingerprint density at radius 3 is 2.40 bits per heavy atom. The van der Waals surface area contributed by atoms with Crippen LogP contribution in [-0.4, -0.2) is 30.2 Å². The van der Waals surface area contributed by atoms with E-state index >= 15 is 0 Å². The van der Waals surface area contributed by atoms with Crippen molar-refractivity contribution in [1.82, 2.24) is 10.6 Å². The Bertz CT molecular complexity index is 409. The van der Waals surface area contributed by atoms with Gasteiger partial charge in [-0.05, 0) is 38.5 Å². The first-order valence-electron chi connectivity index (χ1n) is 6.51. The number of nitrogens with one attached hydrogen (secondary N) is 2. The van der Waals surface area contributed by atoms with Crippen LogP contribution >= 0.6 is 35.6 Å². The number of aliphatic hydroxyl groups excluding tert-OH is 1. The molecule has 0 aliphatic rings. The van der Waals surface area contributed by atoms with Gasteiger partial charge >= 0.3 is 0 Å². The summed E-state index contributed by atoms with van der Waals surface area (Å²) >= 11 is 5.81. The Balaban J connectivity index is 0.00000361. The molecule has 0 aromatic heterocycles. The number of halogens is 2. The van der Waals surface area contributed by atoms with Crippen molar-refractivity contribution < 1.29 is 5.11 Å². The van der Waals surface area contributed by atoms with Gasteiger partial charge < -0.3 is 15.7 Å². The summed E-state index contributed by atoms with van der Waals surface area (Å²) in [6.45, 7) is 7.19. The van der Waals surface area contributed by atoms with Crippen molar-refractivity contribution in [3.63, 3.8) is 0 Å². The summed E-state index contributed by atoms with van der Waals surface area (Å²) in [5.41, 5.74) is 0.813. The minimum atomic E-state index is -0.625. The van der Waals surface area contributed by atoms with Crippen molar-refractivity contribution in [2.75, 3.05) is 13.1 Å². The number of aliphatic imine (C=N–C) groups is 1. The fourth-order valence-corrected chi connectivity index (χ4v) is 1.69. The van der Waals surface area contributed by atoms with Gasteiger partial charge in [-0.15, -0.1) is 24.0 Å². The van der Waals surface area contributed by atoms with Gasteiger partial charge in [0.25, 0.3) is 0 Å². The summed E-state index contributed by atoms with van der Waals surface area (Å²) in [6.07, 6.45) is -0.625. The summed E-state index contributed by atoms with van der Waals surface area (Å²) in [7, 11) is 0. The molecule has 0 amide bonds. The maximum atomic E-state index is 10.1. The summed E-state index contributed by atoms with van der Waals surface area (Å²) < 4.78 is 0. The second-order valence-electron chi connectivity index (χ2n) is 4.59. The highest BCUT2D eigenvalue weighted by molar-refractivity contribution is 14.0. The molecule has 0 radical (unpaired) electrons. The van der Waals surface area contributed by atoms with E-state index in [1.54, 1.807) is 12.1 Å². The van der Waals surface area contributed by atoms with Crippen LogP contribution in [0.4, 0.5) is 0 Å². The second kappa shape index (κ2) is 10.2.